The van der Waals surface area contributed by atoms with Crippen LogP contribution in [0.25, 0.3) is 22.2 Å². The topological polar surface area (TPSA) is 129 Å². The number of Topliss-reactive ketones (excluding diaryl/α,β-unsaturated/α-hetero) is 1. The molecule has 10 nitrogen and oxygen atoms in total. The normalized spacial score (nSPS) is 15.0. The minimum Gasteiger partial charge on any atom is -0.496 e. The van der Waals surface area contributed by atoms with E-state index >= 15 is 0 Å². The third-order valence-corrected chi connectivity index (χ3v) is 6.18. The summed E-state index contributed by atoms with van der Waals surface area (Å²) in [5.74, 6) is -0.290. The SMILES string of the molecule is COc1ccc(-n2cnc(C)n2)c2[nH]cc(C(=O)C(=O)N3CC/C(=C(\C#N)c4ccccc4)CN3)c12. The molecular formula is C26H23N7O3. The number of ether oxygens (including phenoxy) is 1. The van der Waals surface area contributed by atoms with Crippen LogP contribution in [0.3, 0.4) is 0 Å². The van der Waals surface area contributed by atoms with Crippen LogP contribution in [0.15, 0.2) is 60.6 Å². The number of nitrogens with one attached hydrogen (secondary N) is 2. The molecule has 0 aliphatic carbocycles. The summed E-state index contributed by atoms with van der Waals surface area (Å²) in [5.41, 5.74) is 6.79. The molecule has 1 saturated heterocycles. The van der Waals surface area contributed by atoms with Crippen molar-refractivity contribution in [1.82, 2.24) is 30.2 Å². The Morgan fingerprint density at radius 3 is 2.61 bits per heavy atom. The fourth-order valence-electron chi connectivity index (χ4n) is 4.39. The van der Waals surface area contributed by atoms with Gasteiger partial charge in [-0.2, -0.15) is 10.4 Å². The highest BCUT2D eigenvalue weighted by atomic mass is 16.5. The van der Waals surface area contributed by atoms with E-state index in [0.717, 1.165) is 11.1 Å². The first-order valence-corrected chi connectivity index (χ1v) is 11.4. The van der Waals surface area contributed by atoms with Gasteiger partial charge in [0.05, 0.1) is 40.9 Å². The monoisotopic (exact) mass is 481 g/mol. The minimum atomic E-state index is -0.683. The van der Waals surface area contributed by atoms with Crippen molar-refractivity contribution in [2.45, 2.75) is 13.3 Å². The van der Waals surface area contributed by atoms with Gasteiger partial charge in [0, 0.05) is 19.3 Å². The minimum absolute atomic E-state index is 0.204. The second-order valence-corrected chi connectivity index (χ2v) is 8.30. The van der Waals surface area contributed by atoms with E-state index < -0.39 is 11.7 Å². The Morgan fingerprint density at radius 2 is 1.97 bits per heavy atom. The smallest absolute Gasteiger partial charge is 0.309 e. The van der Waals surface area contributed by atoms with Crippen molar-refractivity contribution in [3.63, 3.8) is 0 Å². The van der Waals surface area contributed by atoms with Crippen LogP contribution in [0.2, 0.25) is 0 Å². The Kier molecular flexibility index (Phi) is 6.06. The number of ketones is 1. The number of H-pyrrole nitrogens is 1. The molecule has 3 heterocycles. The summed E-state index contributed by atoms with van der Waals surface area (Å²) in [6.07, 6.45) is 3.58. The van der Waals surface area contributed by atoms with Crippen molar-refractivity contribution >= 4 is 28.2 Å². The number of carbonyl (C=O) groups is 2. The van der Waals surface area contributed by atoms with Crippen LogP contribution in [-0.2, 0) is 4.79 Å². The Hall–Kier alpha value is -4.75. The Morgan fingerprint density at radius 1 is 1.17 bits per heavy atom. The summed E-state index contributed by atoms with van der Waals surface area (Å²) in [7, 11) is 1.51. The van der Waals surface area contributed by atoms with E-state index in [1.807, 2.05) is 30.3 Å². The molecule has 10 heteroatoms. The lowest BCUT2D eigenvalue weighted by Crippen LogP contribution is -2.50. The summed E-state index contributed by atoms with van der Waals surface area (Å²) in [5, 5.41) is 15.8. The summed E-state index contributed by atoms with van der Waals surface area (Å²) >= 11 is 0. The number of nitriles is 1. The van der Waals surface area contributed by atoms with E-state index in [2.05, 4.69) is 26.6 Å². The van der Waals surface area contributed by atoms with Crippen LogP contribution in [0, 0.1) is 18.3 Å². The maximum Gasteiger partial charge on any atom is 0.309 e. The molecule has 180 valence electrons. The van der Waals surface area contributed by atoms with E-state index in [0.29, 0.717) is 46.7 Å². The molecule has 2 aromatic heterocycles. The van der Waals surface area contributed by atoms with E-state index in [1.54, 1.807) is 30.1 Å². The van der Waals surface area contributed by atoms with Crippen molar-refractivity contribution < 1.29 is 14.3 Å². The molecule has 0 radical (unpaired) electrons. The number of hydrogen-bond acceptors (Lipinski definition) is 7. The average molecular weight is 482 g/mol. The zero-order valence-corrected chi connectivity index (χ0v) is 19.8. The first-order chi connectivity index (χ1) is 17.5. The molecule has 0 unspecified atom stereocenters. The third kappa shape index (κ3) is 4.01. The molecule has 1 aliphatic heterocycles. The highest BCUT2D eigenvalue weighted by molar-refractivity contribution is 6.45. The van der Waals surface area contributed by atoms with Crippen LogP contribution in [0.4, 0.5) is 0 Å². The lowest BCUT2D eigenvalue weighted by atomic mass is 9.97. The van der Waals surface area contributed by atoms with Gasteiger partial charge >= 0.3 is 5.91 Å². The molecule has 0 spiro atoms. The van der Waals surface area contributed by atoms with Crippen molar-refractivity contribution in [2.24, 2.45) is 0 Å². The number of aryl methyl sites for hydroxylation is 1. The van der Waals surface area contributed by atoms with Gasteiger partial charge in [-0.3, -0.25) is 14.6 Å². The van der Waals surface area contributed by atoms with Gasteiger partial charge in [0.2, 0.25) is 0 Å². The molecule has 0 atom stereocenters. The predicted molar refractivity (Wildman–Crippen MR) is 132 cm³/mol. The molecule has 1 fully saturated rings. The van der Waals surface area contributed by atoms with Gasteiger partial charge in [-0.25, -0.2) is 15.1 Å². The van der Waals surface area contributed by atoms with Gasteiger partial charge in [0.15, 0.2) is 0 Å². The van der Waals surface area contributed by atoms with Gasteiger partial charge in [-0.05, 0) is 36.6 Å². The number of hydrogen-bond donors (Lipinski definition) is 2. The van der Waals surface area contributed by atoms with Crippen molar-refractivity contribution in [3.8, 4) is 17.5 Å². The number of nitrogens with zero attached hydrogens (tertiary/aromatic N) is 5. The van der Waals surface area contributed by atoms with E-state index in [9.17, 15) is 14.9 Å². The van der Waals surface area contributed by atoms with E-state index in [1.165, 1.54) is 18.3 Å². The third-order valence-electron chi connectivity index (χ3n) is 6.18. The number of allylic oxidation sites excluding steroid dienone is 1. The highest BCUT2D eigenvalue weighted by Gasteiger charge is 2.30. The van der Waals surface area contributed by atoms with Crippen LogP contribution in [-0.4, -0.2) is 56.6 Å². The fourth-order valence-corrected chi connectivity index (χ4v) is 4.39. The molecule has 1 amide bonds. The zero-order chi connectivity index (χ0) is 25.2. The molecule has 2 N–H and O–H groups in total. The second kappa shape index (κ2) is 9.48. The van der Waals surface area contributed by atoms with Gasteiger partial charge in [-0.15, -0.1) is 0 Å². The molecule has 0 bridgehead atoms. The number of hydrazine groups is 1. The molecule has 5 rings (SSSR count). The maximum absolute atomic E-state index is 13.3. The van der Waals surface area contributed by atoms with E-state index in [-0.39, 0.29) is 12.1 Å². The lowest BCUT2D eigenvalue weighted by molar-refractivity contribution is -0.129. The number of methoxy groups -OCH3 is 1. The number of aromatic amines is 1. The van der Waals surface area contributed by atoms with Crippen LogP contribution in [0.1, 0.15) is 28.2 Å². The quantitative estimate of drug-likeness (QED) is 0.255. The van der Waals surface area contributed by atoms with Crippen LogP contribution < -0.4 is 10.2 Å². The number of aromatic nitrogens is 4. The molecular weight excluding hydrogens is 458 g/mol. The Bertz CT molecular complexity index is 1530. The molecule has 36 heavy (non-hydrogen) atoms. The van der Waals surface area contributed by atoms with Crippen molar-refractivity contribution in [1.29, 1.82) is 5.26 Å². The summed E-state index contributed by atoms with van der Waals surface area (Å²) in [4.78, 5) is 33.8. The van der Waals surface area contributed by atoms with Crippen molar-refractivity contribution in [2.75, 3.05) is 20.2 Å². The molecule has 2 aromatic carbocycles. The lowest BCUT2D eigenvalue weighted by Gasteiger charge is -2.29. The summed E-state index contributed by atoms with van der Waals surface area (Å²) in [6.45, 7) is 2.34. The van der Waals surface area contributed by atoms with E-state index in [4.69, 9.17) is 4.74 Å². The first kappa shape index (κ1) is 23.0. The molecule has 4 aromatic rings. The molecule has 0 saturated carbocycles. The van der Waals surface area contributed by atoms with Crippen LogP contribution in [0.5, 0.6) is 5.75 Å². The van der Waals surface area contributed by atoms with Crippen LogP contribution >= 0.6 is 0 Å². The largest absolute Gasteiger partial charge is 0.496 e. The molecule has 1 aliphatic rings. The number of benzene rings is 2. The van der Waals surface area contributed by atoms with Gasteiger partial charge in [-0.1, -0.05) is 30.3 Å². The highest BCUT2D eigenvalue weighted by Crippen LogP contribution is 2.33. The Balaban J connectivity index is 1.41. The summed E-state index contributed by atoms with van der Waals surface area (Å²) < 4.78 is 7.10. The number of carbonyl (C=O) groups excluding carboxylic acids is 2. The number of amides is 1. The van der Waals surface area contributed by atoms with Crippen molar-refractivity contribution in [3.05, 3.63) is 77.5 Å². The predicted octanol–water partition coefficient (Wildman–Crippen LogP) is 2.96. The van der Waals surface area contributed by atoms with Gasteiger partial charge in [0.1, 0.15) is 17.9 Å². The first-order valence-electron chi connectivity index (χ1n) is 11.4. The number of fused-ring (bicyclic) bond motifs is 1. The zero-order valence-electron chi connectivity index (χ0n) is 19.8. The maximum atomic E-state index is 13.3. The fraction of sp³-hybridized carbons (Fsp3) is 0.192. The standard InChI is InChI=1S/C26H23N7O3/c1-16-29-15-33(31-16)21-8-9-22(36-2)23-20(14-28-24(21)23)25(34)26(35)32-11-10-18(13-30-32)19(12-27)17-6-4-3-5-7-17/h3-9,14-15,28,30H,10-11,13H2,1-2H3/b19-18-. The number of rotatable bonds is 5. The average Bonchev–Trinajstić information content (AvgIpc) is 3.56. The van der Waals surface area contributed by atoms with Gasteiger partial charge in [0.25, 0.3) is 5.78 Å². The summed E-state index contributed by atoms with van der Waals surface area (Å²) in [6, 6.07) is 15.2. The van der Waals surface area contributed by atoms with Gasteiger partial charge < -0.3 is 9.72 Å². The second-order valence-electron chi connectivity index (χ2n) is 8.30. The Labute approximate surface area is 206 Å².